The first-order valence-electron chi connectivity index (χ1n) is 17.5. The lowest BCUT2D eigenvalue weighted by molar-refractivity contribution is 0.756. The van der Waals surface area contributed by atoms with E-state index in [2.05, 4.69) is 151 Å². The normalized spacial score (nSPS) is 14.9. The molecule has 0 unspecified atom stereocenters. The molecule has 0 aliphatic carbocycles. The molecule has 4 heterocycles. The van der Waals surface area contributed by atoms with Crippen LogP contribution in [0, 0.1) is 5.92 Å². The number of rotatable bonds is 3. The van der Waals surface area contributed by atoms with Crippen molar-refractivity contribution in [3.8, 4) is 17.2 Å². The molecule has 1 aliphatic rings. The van der Waals surface area contributed by atoms with Crippen molar-refractivity contribution < 1.29 is 0 Å². The van der Waals surface area contributed by atoms with Gasteiger partial charge in [-0.05, 0) is 52.3 Å². The molecule has 1 aliphatic heterocycles. The van der Waals surface area contributed by atoms with Crippen molar-refractivity contribution in [3.05, 3.63) is 151 Å². The lowest BCUT2D eigenvalue weighted by atomic mass is 9.95. The Labute approximate surface area is 297 Å². The molecule has 10 aromatic rings. The third-order valence-electron chi connectivity index (χ3n) is 10.6. The number of thiophene rings is 1. The third-order valence-corrected chi connectivity index (χ3v) is 11.7. The summed E-state index contributed by atoms with van der Waals surface area (Å²) in [5.41, 5.74) is 7.42. The summed E-state index contributed by atoms with van der Waals surface area (Å²) in [5, 5.41) is 10.8. The van der Waals surface area contributed by atoms with Gasteiger partial charge in [-0.2, -0.15) is 0 Å². The van der Waals surface area contributed by atoms with Crippen molar-refractivity contribution in [1.82, 2.24) is 14.5 Å². The van der Waals surface area contributed by atoms with Crippen molar-refractivity contribution >= 4 is 91.5 Å². The van der Waals surface area contributed by atoms with Crippen LogP contribution < -0.4 is 0 Å². The molecule has 0 bridgehead atoms. The second-order valence-electron chi connectivity index (χ2n) is 13.7. The van der Waals surface area contributed by atoms with Gasteiger partial charge in [0, 0.05) is 54.5 Å². The number of aromatic nitrogens is 3. The molecule has 4 nitrogen and oxygen atoms in total. The minimum absolute atomic E-state index is 0.437. The lowest BCUT2D eigenvalue weighted by Crippen LogP contribution is -2.09. The van der Waals surface area contributed by atoms with Crippen LogP contribution in [0.15, 0.2) is 151 Å². The zero-order valence-electron chi connectivity index (χ0n) is 27.8. The molecular weight excluding hydrogens is 641 g/mol. The van der Waals surface area contributed by atoms with Gasteiger partial charge in [0.15, 0.2) is 0 Å². The van der Waals surface area contributed by atoms with Crippen molar-refractivity contribution in [2.45, 2.75) is 13.3 Å². The predicted octanol–water partition coefficient (Wildman–Crippen LogP) is 12.4. The van der Waals surface area contributed by atoms with E-state index in [9.17, 15) is 0 Å². The van der Waals surface area contributed by atoms with Crippen LogP contribution in [0.2, 0.25) is 0 Å². The summed E-state index contributed by atoms with van der Waals surface area (Å²) in [6.45, 7) is 2.25. The fourth-order valence-electron chi connectivity index (χ4n) is 8.23. The van der Waals surface area contributed by atoms with Gasteiger partial charge in [-0.15, -0.1) is 11.3 Å². The van der Waals surface area contributed by atoms with E-state index in [1.54, 1.807) is 0 Å². The summed E-state index contributed by atoms with van der Waals surface area (Å²) in [6.07, 6.45) is 5.05. The fourth-order valence-corrected chi connectivity index (χ4v) is 9.49. The zero-order chi connectivity index (χ0) is 33.6. The molecule has 11 rings (SSSR count). The van der Waals surface area contributed by atoms with Crippen LogP contribution in [-0.4, -0.2) is 20.2 Å². The molecule has 3 aromatic heterocycles. The second-order valence-corrected chi connectivity index (χ2v) is 14.7. The highest BCUT2D eigenvalue weighted by molar-refractivity contribution is 7.27. The van der Waals surface area contributed by atoms with Crippen molar-refractivity contribution in [2.24, 2.45) is 10.9 Å². The van der Waals surface area contributed by atoms with E-state index >= 15 is 0 Å². The van der Waals surface area contributed by atoms with E-state index in [0.29, 0.717) is 11.9 Å². The third kappa shape index (κ3) is 4.22. The van der Waals surface area contributed by atoms with Crippen molar-refractivity contribution in [1.29, 1.82) is 0 Å². The van der Waals surface area contributed by atoms with Gasteiger partial charge in [0.25, 0.3) is 0 Å². The Morgan fingerprint density at radius 3 is 2.20 bits per heavy atom. The average Bonchev–Trinajstić information content (AvgIpc) is 3.74. The van der Waals surface area contributed by atoms with Crippen LogP contribution in [0.4, 0.5) is 0 Å². The second kappa shape index (κ2) is 10.9. The summed E-state index contributed by atoms with van der Waals surface area (Å²) in [6, 6.07) is 48.0. The SMILES string of the molecule is C[C@H]1C=CN=C(c2ccc3c4c5ccccc5c5c6ccccc6sc5c4n(-c4nc(-c5ccccc5)c5ccc6ccccc6c5n4)c3c2)C1. The molecule has 0 fully saturated rings. The number of hydrogen-bond acceptors (Lipinski definition) is 4. The van der Waals surface area contributed by atoms with E-state index in [-0.39, 0.29) is 0 Å². The lowest BCUT2D eigenvalue weighted by Gasteiger charge is -2.15. The maximum Gasteiger partial charge on any atom is 0.235 e. The molecular formula is C46H30N4S. The topological polar surface area (TPSA) is 43.1 Å². The standard InChI is InChI=1S/C46H30N4S/c1-27-23-24-47-37(25-27)30-20-21-34-38(26-30)50(44-40(34)32-15-7-8-16-33(32)41-35-17-9-10-18-39(35)51-45(41)44)46-48-42(29-12-3-2-4-13-29)36-22-19-28-11-5-6-14-31(28)43(36)49-46/h2-24,26-27H,25H2,1H3/t27-/m0/s1. The van der Waals surface area contributed by atoms with Crippen LogP contribution in [0.5, 0.6) is 0 Å². The molecule has 0 N–H and O–H groups in total. The van der Waals surface area contributed by atoms with Gasteiger partial charge in [0.1, 0.15) is 0 Å². The molecule has 5 heteroatoms. The smallest absolute Gasteiger partial charge is 0.235 e. The molecule has 7 aromatic carbocycles. The molecule has 51 heavy (non-hydrogen) atoms. The van der Waals surface area contributed by atoms with Crippen molar-refractivity contribution in [3.63, 3.8) is 0 Å². The summed E-state index contributed by atoms with van der Waals surface area (Å²) < 4.78 is 4.88. The summed E-state index contributed by atoms with van der Waals surface area (Å²) in [7, 11) is 0. The average molecular weight is 671 g/mol. The van der Waals surface area contributed by atoms with Gasteiger partial charge in [-0.3, -0.25) is 9.56 Å². The Bertz CT molecular complexity index is 3130. The number of benzene rings is 7. The minimum atomic E-state index is 0.437. The number of fused-ring (bicyclic) bond motifs is 13. The largest absolute Gasteiger partial charge is 0.276 e. The van der Waals surface area contributed by atoms with Crippen LogP contribution in [0.3, 0.4) is 0 Å². The highest BCUT2D eigenvalue weighted by atomic mass is 32.1. The predicted molar refractivity (Wildman–Crippen MR) is 217 cm³/mol. The van der Waals surface area contributed by atoms with Crippen LogP contribution in [0.1, 0.15) is 18.9 Å². The van der Waals surface area contributed by atoms with Crippen LogP contribution in [0.25, 0.3) is 91.6 Å². The Morgan fingerprint density at radius 1 is 0.627 bits per heavy atom. The van der Waals surface area contributed by atoms with Gasteiger partial charge in [0.2, 0.25) is 5.95 Å². The Kier molecular flexibility index (Phi) is 6.13. The zero-order valence-corrected chi connectivity index (χ0v) is 28.7. The van der Waals surface area contributed by atoms with Gasteiger partial charge in [-0.1, -0.05) is 128 Å². The minimum Gasteiger partial charge on any atom is -0.276 e. The van der Waals surface area contributed by atoms with E-state index in [4.69, 9.17) is 15.0 Å². The summed E-state index contributed by atoms with van der Waals surface area (Å²) in [4.78, 5) is 15.9. The quantitative estimate of drug-likeness (QED) is 0.176. The number of aliphatic imine (C=N–C) groups is 1. The Morgan fingerprint density at radius 2 is 1.35 bits per heavy atom. The first-order chi connectivity index (χ1) is 25.2. The Hall–Kier alpha value is -6.17. The molecule has 1 atom stereocenters. The van der Waals surface area contributed by atoms with Crippen molar-refractivity contribution in [2.75, 3.05) is 0 Å². The van der Waals surface area contributed by atoms with Gasteiger partial charge >= 0.3 is 0 Å². The highest BCUT2D eigenvalue weighted by Crippen LogP contribution is 2.48. The first kappa shape index (κ1) is 28.6. The summed E-state index contributed by atoms with van der Waals surface area (Å²) >= 11 is 1.86. The van der Waals surface area contributed by atoms with E-state index in [1.807, 2.05) is 17.5 Å². The van der Waals surface area contributed by atoms with Crippen LogP contribution >= 0.6 is 11.3 Å². The highest BCUT2D eigenvalue weighted by Gasteiger charge is 2.25. The summed E-state index contributed by atoms with van der Waals surface area (Å²) in [5.74, 6) is 1.11. The fraction of sp³-hybridized carbons (Fsp3) is 0.0652. The molecule has 0 spiro atoms. The molecule has 0 saturated carbocycles. The molecule has 0 saturated heterocycles. The number of allylic oxidation sites excluding steroid dienone is 1. The number of nitrogens with zero attached hydrogens (tertiary/aromatic N) is 4. The van der Waals surface area contributed by atoms with Crippen LogP contribution in [-0.2, 0) is 0 Å². The molecule has 0 amide bonds. The number of hydrogen-bond donors (Lipinski definition) is 0. The first-order valence-corrected chi connectivity index (χ1v) is 18.3. The molecule has 0 radical (unpaired) electrons. The van der Waals surface area contributed by atoms with Gasteiger partial charge < -0.3 is 0 Å². The van der Waals surface area contributed by atoms with E-state index in [0.717, 1.165) is 61.7 Å². The van der Waals surface area contributed by atoms with E-state index < -0.39 is 0 Å². The molecule has 240 valence electrons. The maximum absolute atomic E-state index is 5.54. The monoisotopic (exact) mass is 670 g/mol. The van der Waals surface area contributed by atoms with Gasteiger partial charge in [-0.25, -0.2) is 9.97 Å². The Balaban J connectivity index is 1.37. The van der Waals surface area contributed by atoms with Gasteiger partial charge in [0.05, 0.1) is 26.9 Å². The van der Waals surface area contributed by atoms with E-state index in [1.165, 1.54) is 41.7 Å². The maximum atomic E-state index is 5.54.